The largest absolute Gasteiger partial charge is 0.327 e. The van der Waals surface area contributed by atoms with Crippen molar-refractivity contribution in [3.8, 4) is 0 Å². The van der Waals surface area contributed by atoms with Crippen LogP contribution in [-0.2, 0) is 10.0 Å². The SMILES string of the molecule is Cc1cc([N+](=O)[O-])cc(S(=O)(=O)N2CCC(N)C(C)C2)c1C. The Hall–Kier alpha value is -1.51. The number of rotatable bonds is 3. The van der Waals surface area contributed by atoms with Crippen molar-refractivity contribution < 1.29 is 13.3 Å². The van der Waals surface area contributed by atoms with E-state index in [0.29, 0.717) is 30.6 Å². The second-order valence-corrected chi connectivity index (χ2v) is 7.84. The number of nitrogens with two attached hydrogens (primary N) is 1. The van der Waals surface area contributed by atoms with Gasteiger partial charge in [0.05, 0.1) is 9.82 Å². The second-order valence-electron chi connectivity index (χ2n) is 5.94. The Morgan fingerprint density at radius 2 is 2.00 bits per heavy atom. The van der Waals surface area contributed by atoms with Crippen molar-refractivity contribution in [1.82, 2.24) is 4.31 Å². The fourth-order valence-corrected chi connectivity index (χ4v) is 4.54. The molecule has 1 fully saturated rings. The average Bonchev–Trinajstić information content (AvgIpc) is 2.44. The van der Waals surface area contributed by atoms with E-state index in [1.165, 1.54) is 10.4 Å². The van der Waals surface area contributed by atoms with Gasteiger partial charge in [0, 0.05) is 31.3 Å². The summed E-state index contributed by atoms with van der Waals surface area (Å²) in [6.45, 7) is 5.94. The second kappa shape index (κ2) is 5.94. The number of aryl methyl sites for hydroxylation is 1. The van der Waals surface area contributed by atoms with Gasteiger partial charge in [-0.2, -0.15) is 4.31 Å². The molecule has 1 aliphatic rings. The summed E-state index contributed by atoms with van der Waals surface area (Å²) < 4.78 is 27.1. The Morgan fingerprint density at radius 1 is 1.36 bits per heavy atom. The number of non-ortho nitro benzene ring substituents is 1. The summed E-state index contributed by atoms with van der Waals surface area (Å²) in [7, 11) is -3.75. The predicted molar refractivity (Wildman–Crippen MR) is 83.1 cm³/mol. The van der Waals surface area contributed by atoms with Gasteiger partial charge in [-0.15, -0.1) is 0 Å². The lowest BCUT2D eigenvalue weighted by molar-refractivity contribution is -0.385. The molecule has 2 N–H and O–H groups in total. The van der Waals surface area contributed by atoms with E-state index in [1.54, 1.807) is 13.8 Å². The maximum atomic E-state index is 12.8. The number of nitrogens with zero attached hydrogens (tertiary/aromatic N) is 2. The Morgan fingerprint density at radius 3 is 2.55 bits per heavy atom. The zero-order valence-electron chi connectivity index (χ0n) is 12.9. The van der Waals surface area contributed by atoms with Crippen LogP contribution in [0.25, 0.3) is 0 Å². The van der Waals surface area contributed by atoms with Gasteiger partial charge in [-0.1, -0.05) is 6.92 Å². The van der Waals surface area contributed by atoms with E-state index in [1.807, 2.05) is 6.92 Å². The molecule has 0 spiro atoms. The van der Waals surface area contributed by atoms with Crippen LogP contribution in [0.4, 0.5) is 5.69 Å². The third-order valence-corrected chi connectivity index (χ3v) is 6.36. The lowest BCUT2D eigenvalue weighted by atomic mass is 9.96. The number of nitro benzene ring substituents is 1. The summed E-state index contributed by atoms with van der Waals surface area (Å²) in [5.41, 5.74) is 6.87. The van der Waals surface area contributed by atoms with Crippen molar-refractivity contribution in [3.05, 3.63) is 33.4 Å². The highest BCUT2D eigenvalue weighted by molar-refractivity contribution is 7.89. The Labute approximate surface area is 130 Å². The van der Waals surface area contributed by atoms with Gasteiger partial charge < -0.3 is 5.73 Å². The van der Waals surface area contributed by atoms with Gasteiger partial charge in [-0.25, -0.2) is 8.42 Å². The first-order chi connectivity index (χ1) is 10.1. The topological polar surface area (TPSA) is 107 Å². The first kappa shape index (κ1) is 16.9. The van der Waals surface area contributed by atoms with Crippen LogP contribution in [-0.4, -0.2) is 36.8 Å². The van der Waals surface area contributed by atoms with Crippen LogP contribution in [0, 0.1) is 29.9 Å². The van der Waals surface area contributed by atoms with Crippen molar-refractivity contribution in [2.75, 3.05) is 13.1 Å². The van der Waals surface area contributed by atoms with E-state index in [9.17, 15) is 18.5 Å². The molecule has 7 nitrogen and oxygen atoms in total. The Kier molecular flexibility index (Phi) is 4.55. The van der Waals surface area contributed by atoms with Crippen LogP contribution in [0.1, 0.15) is 24.5 Å². The zero-order valence-corrected chi connectivity index (χ0v) is 13.8. The summed E-state index contributed by atoms with van der Waals surface area (Å²) in [5.74, 6) is 0.0589. The van der Waals surface area contributed by atoms with Crippen LogP contribution in [0.5, 0.6) is 0 Å². The van der Waals surface area contributed by atoms with Crippen LogP contribution < -0.4 is 5.73 Å². The van der Waals surface area contributed by atoms with E-state index < -0.39 is 14.9 Å². The minimum absolute atomic E-state index is 0.0145. The molecule has 2 unspecified atom stereocenters. The molecule has 1 aliphatic heterocycles. The van der Waals surface area contributed by atoms with E-state index in [0.717, 1.165) is 6.07 Å². The number of sulfonamides is 1. The average molecular weight is 327 g/mol. The molecule has 0 radical (unpaired) electrons. The van der Waals surface area contributed by atoms with E-state index >= 15 is 0 Å². The van der Waals surface area contributed by atoms with Gasteiger partial charge >= 0.3 is 0 Å². The van der Waals surface area contributed by atoms with Crippen molar-refractivity contribution in [3.63, 3.8) is 0 Å². The summed E-state index contributed by atoms with van der Waals surface area (Å²) >= 11 is 0. The summed E-state index contributed by atoms with van der Waals surface area (Å²) in [6.07, 6.45) is 0.591. The standard InChI is InChI=1S/C14H21N3O4S/c1-9-6-12(17(18)19)7-14(11(9)3)22(20,21)16-5-4-13(15)10(2)8-16/h6-7,10,13H,4-5,8,15H2,1-3H3. The number of benzene rings is 1. The third kappa shape index (κ3) is 2.99. The molecule has 2 rings (SSSR count). The molecule has 22 heavy (non-hydrogen) atoms. The third-order valence-electron chi connectivity index (χ3n) is 4.37. The molecule has 0 aliphatic carbocycles. The van der Waals surface area contributed by atoms with Gasteiger partial charge in [0.2, 0.25) is 10.0 Å². The molecule has 0 bridgehead atoms. The van der Waals surface area contributed by atoms with E-state index in [-0.39, 0.29) is 22.5 Å². The fourth-order valence-electron chi connectivity index (χ4n) is 2.66. The maximum absolute atomic E-state index is 12.8. The summed E-state index contributed by atoms with van der Waals surface area (Å²) in [5, 5.41) is 11.0. The van der Waals surface area contributed by atoms with Gasteiger partial charge in [0.15, 0.2) is 0 Å². The normalized spacial score (nSPS) is 23.5. The van der Waals surface area contributed by atoms with Gasteiger partial charge in [0.25, 0.3) is 5.69 Å². The van der Waals surface area contributed by atoms with Gasteiger partial charge in [-0.3, -0.25) is 10.1 Å². The molecule has 2 atom stereocenters. The smallest absolute Gasteiger partial charge is 0.271 e. The number of nitro groups is 1. The molecule has 8 heteroatoms. The lowest BCUT2D eigenvalue weighted by Gasteiger charge is -2.34. The molecule has 1 aromatic carbocycles. The minimum atomic E-state index is -3.75. The fraction of sp³-hybridized carbons (Fsp3) is 0.571. The lowest BCUT2D eigenvalue weighted by Crippen LogP contribution is -2.48. The molecule has 1 saturated heterocycles. The van der Waals surface area contributed by atoms with Gasteiger partial charge in [0.1, 0.15) is 0 Å². The molecule has 1 heterocycles. The van der Waals surface area contributed by atoms with Crippen molar-refractivity contribution >= 4 is 15.7 Å². The molecule has 0 aromatic heterocycles. The summed E-state index contributed by atoms with van der Waals surface area (Å²) in [6, 6.07) is 2.53. The monoisotopic (exact) mass is 327 g/mol. The number of piperidine rings is 1. The maximum Gasteiger partial charge on any atom is 0.271 e. The predicted octanol–water partition coefficient (Wildman–Crippen LogP) is 1.57. The van der Waals surface area contributed by atoms with Crippen LogP contribution in [0.3, 0.4) is 0 Å². The molecule has 122 valence electrons. The Bertz CT molecular complexity index is 702. The van der Waals surface area contributed by atoms with Crippen LogP contribution >= 0.6 is 0 Å². The molecule has 0 amide bonds. The van der Waals surface area contributed by atoms with E-state index in [2.05, 4.69) is 0 Å². The highest BCUT2D eigenvalue weighted by Crippen LogP contribution is 2.29. The van der Waals surface area contributed by atoms with Crippen molar-refractivity contribution in [1.29, 1.82) is 0 Å². The first-order valence-corrected chi connectivity index (χ1v) is 8.60. The highest BCUT2D eigenvalue weighted by atomic mass is 32.2. The molecule has 1 aromatic rings. The minimum Gasteiger partial charge on any atom is -0.327 e. The number of hydrogen-bond donors (Lipinski definition) is 1. The van der Waals surface area contributed by atoms with E-state index in [4.69, 9.17) is 5.73 Å². The van der Waals surface area contributed by atoms with Crippen LogP contribution in [0.15, 0.2) is 17.0 Å². The van der Waals surface area contributed by atoms with Crippen molar-refractivity contribution in [2.24, 2.45) is 11.7 Å². The van der Waals surface area contributed by atoms with Crippen molar-refractivity contribution in [2.45, 2.75) is 38.1 Å². The quantitative estimate of drug-likeness (QED) is 0.670. The number of hydrogen-bond acceptors (Lipinski definition) is 5. The Balaban J connectivity index is 2.48. The zero-order chi connectivity index (χ0) is 16.7. The molecular weight excluding hydrogens is 306 g/mol. The van der Waals surface area contributed by atoms with Crippen LogP contribution in [0.2, 0.25) is 0 Å². The molecule has 0 saturated carbocycles. The highest BCUT2D eigenvalue weighted by Gasteiger charge is 2.34. The first-order valence-electron chi connectivity index (χ1n) is 7.16. The summed E-state index contributed by atoms with van der Waals surface area (Å²) in [4.78, 5) is 10.4. The van der Waals surface area contributed by atoms with Gasteiger partial charge in [-0.05, 0) is 37.3 Å². The molecular formula is C14H21N3O4S.